The van der Waals surface area contributed by atoms with Crippen LogP contribution in [-0.4, -0.2) is 10.9 Å². The molecule has 0 heterocycles. The third-order valence-corrected chi connectivity index (χ3v) is 3.55. The van der Waals surface area contributed by atoms with Crippen LogP contribution in [0.2, 0.25) is 5.02 Å². The Kier molecular flexibility index (Phi) is 4.47. The summed E-state index contributed by atoms with van der Waals surface area (Å²) in [7, 11) is 0. The molecular formula is C16H15ClN2O3. The van der Waals surface area contributed by atoms with Crippen LogP contribution in [0, 0.1) is 30.9 Å². The van der Waals surface area contributed by atoms with Crippen molar-refractivity contribution in [3.05, 3.63) is 73.8 Å². The summed E-state index contributed by atoms with van der Waals surface area (Å²) in [6.45, 7) is 5.41. The molecule has 0 saturated heterocycles. The predicted molar refractivity (Wildman–Crippen MR) is 85.9 cm³/mol. The summed E-state index contributed by atoms with van der Waals surface area (Å²) < 4.78 is 0. The first-order valence-electron chi connectivity index (χ1n) is 6.63. The van der Waals surface area contributed by atoms with Crippen LogP contribution in [0.4, 0.5) is 5.69 Å². The van der Waals surface area contributed by atoms with Crippen molar-refractivity contribution in [2.24, 2.45) is 0 Å². The molecule has 0 fully saturated rings. The van der Waals surface area contributed by atoms with Crippen molar-refractivity contribution in [3.63, 3.8) is 0 Å². The van der Waals surface area contributed by atoms with Gasteiger partial charge >= 0.3 is 5.91 Å². The number of nitro groups is 1. The highest BCUT2D eigenvalue weighted by Gasteiger charge is 2.31. The molecule has 0 spiro atoms. The molecule has 0 saturated carbocycles. The highest BCUT2D eigenvalue weighted by molar-refractivity contribution is 6.30. The van der Waals surface area contributed by atoms with E-state index in [0.717, 1.165) is 5.56 Å². The summed E-state index contributed by atoms with van der Waals surface area (Å²) >= 11 is 5.78. The number of carbonyl (C=O) groups excluding carboxylic acids is 1. The van der Waals surface area contributed by atoms with Gasteiger partial charge < -0.3 is 0 Å². The minimum Gasteiger partial charge on any atom is -0.262 e. The lowest BCUT2D eigenvalue weighted by Gasteiger charge is -2.17. The van der Waals surface area contributed by atoms with E-state index in [2.05, 4.69) is 0 Å². The van der Waals surface area contributed by atoms with Gasteiger partial charge in [0.1, 0.15) is 5.69 Å². The van der Waals surface area contributed by atoms with Crippen LogP contribution in [0.25, 0.3) is 0 Å². The van der Waals surface area contributed by atoms with E-state index in [0.29, 0.717) is 26.8 Å². The lowest BCUT2D eigenvalue weighted by atomic mass is 10.0. The van der Waals surface area contributed by atoms with E-state index < -0.39 is 10.9 Å². The first-order chi connectivity index (χ1) is 10.3. The Labute approximate surface area is 133 Å². The van der Waals surface area contributed by atoms with E-state index in [1.807, 2.05) is 19.1 Å². The average molecular weight is 319 g/mol. The van der Waals surface area contributed by atoms with E-state index in [1.54, 1.807) is 13.8 Å². The molecule has 2 aromatic carbocycles. The molecule has 0 aliphatic carbocycles. The molecule has 0 aliphatic rings. The number of hydrogen-bond acceptors (Lipinski definition) is 3. The van der Waals surface area contributed by atoms with Crippen LogP contribution < -0.4 is 5.01 Å². The second-order valence-corrected chi connectivity index (χ2v) is 5.55. The summed E-state index contributed by atoms with van der Waals surface area (Å²) in [6.07, 6.45) is 0. The minimum absolute atomic E-state index is 0.209. The highest BCUT2D eigenvalue weighted by Crippen LogP contribution is 2.28. The number of benzene rings is 2. The largest absolute Gasteiger partial charge is 0.319 e. The third-order valence-electron chi connectivity index (χ3n) is 3.29. The molecule has 0 N–H and O–H groups in total. The molecule has 0 bridgehead atoms. The number of nitrogens with zero attached hydrogens (tertiary/aromatic N) is 2. The maximum Gasteiger partial charge on any atom is 0.319 e. The Morgan fingerprint density at radius 1 is 1.09 bits per heavy atom. The standard InChI is InChI=1S/C16H15ClN2O3/c1-10-8-11(2)15(12(3)9-10)18(19(21)22)16(20)13-4-6-14(17)7-5-13/h4-9H,1-3H3. The van der Waals surface area contributed by atoms with Gasteiger partial charge in [-0.2, -0.15) is 0 Å². The number of anilines is 1. The molecule has 0 aliphatic heterocycles. The summed E-state index contributed by atoms with van der Waals surface area (Å²) in [6, 6.07) is 9.63. The fourth-order valence-corrected chi connectivity index (χ4v) is 2.60. The van der Waals surface area contributed by atoms with E-state index in [-0.39, 0.29) is 5.56 Å². The lowest BCUT2D eigenvalue weighted by Crippen LogP contribution is -2.37. The maximum absolute atomic E-state index is 12.5. The molecule has 6 heteroatoms. The van der Waals surface area contributed by atoms with Gasteiger partial charge in [-0.05, 0) is 61.2 Å². The zero-order valence-corrected chi connectivity index (χ0v) is 13.2. The van der Waals surface area contributed by atoms with Crippen LogP contribution in [0.3, 0.4) is 0 Å². The molecule has 0 unspecified atom stereocenters. The smallest absolute Gasteiger partial charge is 0.262 e. The molecule has 114 valence electrons. The highest BCUT2D eigenvalue weighted by atomic mass is 35.5. The number of halogens is 1. The monoisotopic (exact) mass is 318 g/mol. The fraction of sp³-hybridized carbons (Fsp3) is 0.188. The molecule has 22 heavy (non-hydrogen) atoms. The zero-order chi connectivity index (χ0) is 16.4. The van der Waals surface area contributed by atoms with Crippen molar-refractivity contribution in [1.82, 2.24) is 0 Å². The quantitative estimate of drug-likeness (QED) is 0.632. The number of carbonyl (C=O) groups is 1. The molecule has 2 rings (SSSR count). The molecule has 5 nitrogen and oxygen atoms in total. The van der Waals surface area contributed by atoms with Crippen molar-refractivity contribution < 1.29 is 9.83 Å². The van der Waals surface area contributed by atoms with E-state index >= 15 is 0 Å². The summed E-state index contributed by atoms with van der Waals surface area (Å²) in [5, 5.41) is 11.8. The van der Waals surface area contributed by atoms with Gasteiger partial charge in [0, 0.05) is 10.6 Å². The van der Waals surface area contributed by atoms with Crippen molar-refractivity contribution in [2.45, 2.75) is 20.8 Å². The van der Waals surface area contributed by atoms with E-state index in [1.165, 1.54) is 24.3 Å². The Bertz CT molecular complexity index is 719. The lowest BCUT2D eigenvalue weighted by molar-refractivity contribution is -0.481. The second kappa shape index (κ2) is 6.15. The number of amides is 1. The molecule has 1 amide bonds. The maximum atomic E-state index is 12.5. The molecule has 0 radical (unpaired) electrons. The molecule has 2 aromatic rings. The average Bonchev–Trinajstić information content (AvgIpc) is 2.42. The predicted octanol–water partition coefficient (Wildman–Crippen LogP) is 4.10. The van der Waals surface area contributed by atoms with Crippen LogP contribution in [0.15, 0.2) is 36.4 Å². The normalized spacial score (nSPS) is 10.4. The SMILES string of the molecule is Cc1cc(C)c(N(C(=O)c2ccc(Cl)cc2)[N+](=O)[O-])c(C)c1. The number of hydrazine groups is 1. The third kappa shape index (κ3) is 3.09. The molecule has 0 atom stereocenters. The van der Waals surface area contributed by atoms with Crippen LogP contribution in [0.1, 0.15) is 27.0 Å². The van der Waals surface area contributed by atoms with E-state index in [9.17, 15) is 14.9 Å². The Balaban J connectivity index is 2.54. The van der Waals surface area contributed by atoms with Gasteiger partial charge in [0.05, 0.1) is 0 Å². The number of rotatable bonds is 3. The van der Waals surface area contributed by atoms with E-state index in [4.69, 9.17) is 11.6 Å². The van der Waals surface area contributed by atoms with Gasteiger partial charge in [-0.25, -0.2) is 10.1 Å². The van der Waals surface area contributed by atoms with Gasteiger partial charge in [-0.3, -0.25) is 4.79 Å². The summed E-state index contributed by atoms with van der Waals surface area (Å²) in [5.74, 6) is -0.697. The van der Waals surface area contributed by atoms with Crippen molar-refractivity contribution >= 4 is 23.2 Å². The molecular weight excluding hydrogens is 304 g/mol. The first kappa shape index (κ1) is 16.0. The number of aryl methyl sites for hydroxylation is 3. The van der Waals surface area contributed by atoms with Crippen LogP contribution >= 0.6 is 11.6 Å². The fourth-order valence-electron chi connectivity index (χ4n) is 2.48. The van der Waals surface area contributed by atoms with Crippen LogP contribution in [-0.2, 0) is 0 Å². The molecule has 0 aromatic heterocycles. The van der Waals surface area contributed by atoms with Crippen molar-refractivity contribution in [1.29, 1.82) is 0 Å². The minimum atomic E-state index is -0.697. The van der Waals surface area contributed by atoms with Gasteiger partial charge in [-0.15, -0.1) is 0 Å². The zero-order valence-electron chi connectivity index (χ0n) is 12.5. The Morgan fingerprint density at radius 3 is 2.05 bits per heavy atom. The Hall–Kier alpha value is -2.40. The van der Waals surface area contributed by atoms with Gasteiger partial charge in [0.15, 0.2) is 5.03 Å². The van der Waals surface area contributed by atoms with Crippen molar-refractivity contribution in [3.8, 4) is 0 Å². The second-order valence-electron chi connectivity index (χ2n) is 5.11. The first-order valence-corrected chi connectivity index (χ1v) is 7.01. The van der Waals surface area contributed by atoms with Crippen molar-refractivity contribution in [2.75, 3.05) is 5.01 Å². The topological polar surface area (TPSA) is 63.5 Å². The van der Waals surface area contributed by atoms with Gasteiger partial charge in [0.2, 0.25) is 0 Å². The summed E-state index contributed by atoms with van der Waals surface area (Å²) in [5.41, 5.74) is 2.85. The van der Waals surface area contributed by atoms with Crippen LogP contribution in [0.5, 0.6) is 0 Å². The Morgan fingerprint density at radius 2 is 1.59 bits per heavy atom. The summed E-state index contributed by atoms with van der Waals surface area (Å²) in [4.78, 5) is 24.0. The van der Waals surface area contributed by atoms with Gasteiger partial charge in [-0.1, -0.05) is 29.3 Å². The van der Waals surface area contributed by atoms with Gasteiger partial charge in [0.25, 0.3) is 0 Å². The number of hydrogen-bond donors (Lipinski definition) is 0.